The number of amides is 2. The molecular formula is C21H24Cl2N4O2. The molecule has 2 amide bonds. The molecule has 3 rings (SSSR count). The predicted octanol–water partition coefficient (Wildman–Crippen LogP) is 3.67. The Kier molecular flexibility index (Phi) is 7.34. The summed E-state index contributed by atoms with van der Waals surface area (Å²) in [6.07, 6.45) is 4.16. The standard InChI is InChI=1S/C21H24Cl2N4O2/c1-14-6-8-27(9-7-14)19-5-2-15(11-24-19)12-25-20(28)13-26-21(29)16-3-4-17(22)18(23)10-16/h2-5,10-11,14H,6-9,12-13H2,1H3,(H,25,28)(H,26,29). The van der Waals surface area contributed by atoms with Crippen molar-refractivity contribution in [3.63, 3.8) is 0 Å². The first-order chi connectivity index (χ1) is 13.9. The van der Waals surface area contributed by atoms with E-state index in [1.54, 1.807) is 18.3 Å². The van der Waals surface area contributed by atoms with Crippen LogP contribution in [0, 0.1) is 5.92 Å². The first kappa shape index (κ1) is 21.4. The van der Waals surface area contributed by atoms with Crippen LogP contribution in [0.25, 0.3) is 0 Å². The molecule has 0 spiro atoms. The van der Waals surface area contributed by atoms with Gasteiger partial charge in [0, 0.05) is 31.4 Å². The number of anilines is 1. The number of piperidine rings is 1. The van der Waals surface area contributed by atoms with E-state index < -0.39 is 0 Å². The van der Waals surface area contributed by atoms with E-state index in [9.17, 15) is 9.59 Å². The Morgan fingerprint density at radius 1 is 1.10 bits per heavy atom. The zero-order valence-electron chi connectivity index (χ0n) is 16.3. The van der Waals surface area contributed by atoms with E-state index in [0.717, 1.165) is 30.4 Å². The summed E-state index contributed by atoms with van der Waals surface area (Å²) in [7, 11) is 0. The minimum atomic E-state index is -0.388. The van der Waals surface area contributed by atoms with Crippen molar-refractivity contribution in [1.82, 2.24) is 15.6 Å². The normalized spacial score (nSPS) is 14.5. The fourth-order valence-corrected chi connectivity index (χ4v) is 3.41. The number of benzene rings is 1. The van der Waals surface area contributed by atoms with Crippen molar-refractivity contribution in [3.8, 4) is 0 Å². The number of halogens is 2. The second kappa shape index (κ2) is 9.94. The Bertz CT molecular complexity index is 865. The van der Waals surface area contributed by atoms with Crippen LogP contribution in [0.1, 0.15) is 35.7 Å². The van der Waals surface area contributed by atoms with Gasteiger partial charge in [-0.15, -0.1) is 0 Å². The molecule has 1 aromatic heterocycles. The molecule has 0 unspecified atom stereocenters. The third-order valence-electron chi connectivity index (χ3n) is 5.00. The summed E-state index contributed by atoms with van der Waals surface area (Å²) in [4.78, 5) is 30.9. The lowest BCUT2D eigenvalue weighted by molar-refractivity contribution is -0.120. The van der Waals surface area contributed by atoms with Crippen molar-refractivity contribution in [1.29, 1.82) is 0 Å². The lowest BCUT2D eigenvalue weighted by atomic mass is 9.99. The maximum absolute atomic E-state index is 12.1. The first-order valence-corrected chi connectivity index (χ1v) is 10.4. The summed E-state index contributed by atoms with van der Waals surface area (Å²) < 4.78 is 0. The van der Waals surface area contributed by atoms with E-state index in [-0.39, 0.29) is 18.4 Å². The Morgan fingerprint density at radius 2 is 1.86 bits per heavy atom. The third kappa shape index (κ3) is 6.08. The molecule has 1 aromatic carbocycles. The van der Waals surface area contributed by atoms with Crippen LogP contribution in [0.3, 0.4) is 0 Å². The Labute approximate surface area is 180 Å². The number of rotatable bonds is 6. The van der Waals surface area contributed by atoms with Gasteiger partial charge in [-0.3, -0.25) is 9.59 Å². The van der Waals surface area contributed by atoms with Crippen LogP contribution in [0.4, 0.5) is 5.82 Å². The average Bonchev–Trinajstić information content (AvgIpc) is 2.73. The van der Waals surface area contributed by atoms with E-state index in [0.29, 0.717) is 22.2 Å². The Hall–Kier alpha value is -2.31. The van der Waals surface area contributed by atoms with Crippen molar-refractivity contribution in [2.24, 2.45) is 5.92 Å². The molecule has 8 heteroatoms. The first-order valence-electron chi connectivity index (χ1n) is 9.62. The monoisotopic (exact) mass is 434 g/mol. The molecule has 2 N–H and O–H groups in total. The van der Waals surface area contributed by atoms with Gasteiger partial charge in [-0.05, 0) is 48.6 Å². The van der Waals surface area contributed by atoms with Gasteiger partial charge in [0.05, 0.1) is 16.6 Å². The molecular weight excluding hydrogens is 411 g/mol. The van der Waals surface area contributed by atoms with E-state index in [1.807, 2.05) is 12.1 Å². The number of hydrogen-bond donors (Lipinski definition) is 2. The van der Waals surface area contributed by atoms with Crippen LogP contribution in [0.5, 0.6) is 0 Å². The lowest BCUT2D eigenvalue weighted by Gasteiger charge is -2.31. The number of carbonyl (C=O) groups excluding carboxylic acids is 2. The molecule has 0 aliphatic carbocycles. The largest absolute Gasteiger partial charge is 0.357 e. The number of pyridine rings is 1. The van der Waals surface area contributed by atoms with Crippen LogP contribution in [0.15, 0.2) is 36.5 Å². The number of aromatic nitrogens is 1. The Balaban J connectivity index is 1.43. The zero-order chi connectivity index (χ0) is 20.8. The highest BCUT2D eigenvalue weighted by Crippen LogP contribution is 2.23. The summed E-state index contributed by atoms with van der Waals surface area (Å²) in [5.74, 6) is 1.08. The van der Waals surface area contributed by atoms with E-state index >= 15 is 0 Å². The van der Waals surface area contributed by atoms with Crippen LogP contribution in [-0.4, -0.2) is 36.4 Å². The van der Waals surface area contributed by atoms with E-state index in [2.05, 4.69) is 27.4 Å². The highest BCUT2D eigenvalue weighted by atomic mass is 35.5. The van der Waals surface area contributed by atoms with Gasteiger partial charge in [-0.2, -0.15) is 0 Å². The SMILES string of the molecule is CC1CCN(c2ccc(CNC(=O)CNC(=O)c3ccc(Cl)c(Cl)c3)cn2)CC1. The number of carbonyl (C=O) groups is 2. The molecule has 6 nitrogen and oxygen atoms in total. The minimum absolute atomic E-state index is 0.128. The summed E-state index contributed by atoms with van der Waals surface area (Å²) in [6, 6.07) is 8.52. The second-order valence-electron chi connectivity index (χ2n) is 7.28. The van der Waals surface area contributed by atoms with Crippen LogP contribution >= 0.6 is 23.2 Å². The molecule has 1 saturated heterocycles. The molecule has 1 aliphatic heterocycles. The Morgan fingerprint density at radius 3 is 2.52 bits per heavy atom. The minimum Gasteiger partial charge on any atom is -0.357 e. The average molecular weight is 435 g/mol. The van der Waals surface area contributed by atoms with Gasteiger partial charge in [0.1, 0.15) is 5.82 Å². The van der Waals surface area contributed by atoms with Gasteiger partial charge in [-0.1, -0.05) is 36.2 Å². The second-order valence-corrected chi connectivity index (χ2v) is 8.10. The van der Waals surface area contributed by atoms with Crippen LogP contribution < -0.4 is 15.5 Å². The van der Waals surface area contributed by atoms with Gasteiger partial charge < -0.3 is 15.5 Å². The number of nitrogens with one attached hydrogen (secondary N) is 2. The predicted molar refractivity (Wildman–Crippen MR) is 115 cm³/mol. The molecule has 1 fully saturated rings. The molecule has 0 saturated carbocycles. The molecule has 1 aliphatic rings. The highest BCUT2D eigenvalue weighted by molar-refractivity contribution is 6.42. The zero-order valence-corrected chi connectivity index (χ0v) is 17.8. The highest BCUT2D eigenvalue weighted by Gasteiger charge is 2.16. The maximum Gasteiger partial charge on any atom is 0.251 e. The number of hydrogen-bond acceptors (Lipinski definition) is 4. The van der Waals surface area contributed by atoms with Crippen molar-refractivity contribution in [3.05, 3.63) is 57.7 Å². The van der Waals surface area contributed by atoms with Crippen molar-refractivity contribution in [2.45, 2.75) is 26.3 Å². The molecule has 0 radical (unpaired) electrons. The molecule has 154 valence electrons. The van der Waals surface area contributed by atoms with Crippen LogP contribution in [0.2, 0.25) is 10.0 Å². The lowest BCUT2D eigenvalue weighted by Crippen LogP contribution is -2.36. The molecule has 2 aromatic rings. The summed E-state index contributed by atoms with van der Waals surface area (Å²) in [6.45, 7) is 4.57. The van der Waals surface area contributed by atoms with Gasteiger partial charge in [0.2, 0.25) is 5.91 Å². The molecule has 2 heterocycles. The molecule has 29 heavy (non-hydrogen) atoms. The topological polar surface area (TPSA) is 74.3 Å². The summed E-state index contributed by atoms with van der Waals surface area (Å²) >= 11 is 11.7. The summed E-state index contributed by atoms with van der Waals surface area (Å²) in [5.41, 5.74) is 1.25. The van der Waals surface area contributed by atoms with Crippen molar-refractivity contribution >= 4 is 40.8 Å². The van der Waals surface area contributed by atoms with Crippen LogP contribution in [-0.2, 0) is 11.3 Å². The third-order valence-corrected chi connectivity index (χ3v) is 5.74. The van der Waals surface area contributed by atoms with Gasteiger partial charge in [0.25, 0.3) is 5.91 Å². The quantitative estimate of drug-likeness (QED) is 0.726. The fourth-order valence-electron chi connectivity index (χ4n) is 3.11. The van der Waals surface area contributed by atoms with Gasteiger partial charge >= 0.3 is 0 Å². The summed E-state index contributed by atoms with van der Waals surface area (Å²) in [5, 5.41) is 6.00. The maximum atomic E-state index is 12.1. The molecule has 0 bridgehead atoms. The van der Waals surface area contributed by atoms with E-state index in [1.165, 1.54) is 18.9 Å². The molecule has 0 atom stereocenters. The fraction of sp³-hybridized carbons (Fsp3) is 0.381. The van der Waals surface area contributed by atoms with Gasteiger partial charge in [0.15, 0.2) is 0 Å². The van der Waals surface area contributed by atoms with Gasteiger partial charge in [-0.25, -0.2) is 4.98 Å². The number of nitrogens with zero attached hydrogens (tertiary/aromatic N) is 2. The smallest absolute Gasteiger partial charge is 0.251 e. The van der Waals surface area contributed by atoms with E-state index in [4.69, 9.17) is 23.2 Å². The van der Waals surface area contributed by atoms with Crippen molar-refractivity contribution < 1.29 is 9.59 Å². The van der Waals surface area contributed by atoms with Crippen molar-refractivity contribution in [2.75, 3.05) is 24.5 Å².